The van der Waals surface area contributed by atoms with E-state index in [-0.39, 0.29) is 46.5 Å². The molecule has 0 spiro atoms. The molecule has 8 rings (SSSR count). The molecule has 1 aliphatic carbocycles. The minimum atomic E-state index is 0. The minimum Gasteiger partial charge on any atom is -1.00 e. The van der Waals surface area contributed by atoms with Gasteiger partial charge in [-0.25, -0.2) is 12.1 Å². The maximum Gasteiger partial charge on any atom is -0.172 e. The van der Waals surface area contributed by atoms with Crippen molar-refractivity contribution in [2.24, 2.45) is 0 Å². The van der Waals surface area contributed by atoms with Gasteiger partial charge in [0.05, 0.1) is 0 Å². The Bertz CT molecular complexity index is 2420. The molecule has 0 atom stereocenters. The van der Waals surface area contributed by atoms with Crippen molar-refractivity contribution in [2.75, 3.05) is 0 Å². The molecular formula is C55H58Cl4Zr-2. The Labute approximate surface area is 398 Å². The van der Waals surface area contributed by atoms with E-state index in [1.807, 2.05) is 54.6 Å². The summed E-state index contributed by atoms with van der Waals surface area (Å²) in [6.07, 6.45) is 1.01. The van der Waals surface area contributed by atoms with E-state index in [9.17, 15) is 0 Å². The van der Waals surface area contributed by atoms with Crippen LogP contribution in [0, 0.1) is 6.07 Å². The summed E-state index contributed by atoms with van der Waals surface area (Å²) in [5.74, 6) is 0. The fourth-order valence-electron chi connectivity index (χ4n) is 8.05. The van der Waals surface area contributed by atoms with Crippen molar-refractivity contribution in [2.45, 2.75) is 111 Å². The van der Waals surface area contributed by atoms with Crippen molar-refractivity contribution < 1.29 is 49.0 Å². The summed E-state index contributed by atoms with van der Waals surface area (Å²) in [5, 5.41) is 6.28. The largest absolute Gasteiger partial charge is 1.00 e. The summed E-state index contributed by atoms with van der Waals surface area (Å²) in [4.78, 5) is 0. The van der Waals surface area contributed by atoms with E-state index in [1.54, 1.807) is 0 Å². The first kappa shape index (κ1) is 49.8. The molecule has 1 aliphatic rings. The molecule has 7 aromatic rings. The van der Waals surface area contributed by atoms with Crippen LogP contribution in [0.5, 0.6) is 0 Å². The number of benzene rings is 6. The van der Waals surface area contributed by atoms with Gasteiger partial charge in [0.2, 0.25) is 0 Å². The quantitative estimate of drug-likeness (QED) is 0.152. The fourth-order valence-corrected chi connectivity index (χ4v) is 9.52. The second-order valence-corrected chi connectivity index (χ2v) is 22.0. The molecule has 0 fully saturated rings. The first-order chi connectivity index (χ1) is 27.0. The molecule has 0 heterocycles. The monoisotopic (exact) mass is 948 g/mol. The van der Waals surface area contributed by atoms with Gasteiger partial charge < -0.3 is 24.8 Å². The molecule has 312 valence electrons. The number of halogens is 4. The third-order valence-corrected chi connectivity index (χ3v) is 12.7. The van der Waals surface area contributed by atoms with Crippen LogP contribution in [0.2, 0.25) is 10.0 Å². The van der Waals surface area contributed by atoms with Crippen LogP contribution in [0.3, 0.4) is 0 Å². The van der Waals surface area contributed by atoms with Crippen LogP contribution in [-0.2, 0) is 52.3 Å². The standard InChI is InChI=1S/C29H41.C21H12Cl2.C5H5.2ClH.Zr/c1-26(2,3)22-14-18-13-19-15-23(27(4,5)6)25(29(10,11)12)17-21(19)20(18)16-24(22)28(7,8)9;22-18-10-14-5-1-3-7-20(14)16(12-18)9-17-13-19(23)11-15-6-2-4-8-21(15)17;1-2-4-5-3-1;;;/h14,16-17H,13H2,1-12H3;1-8,10-13H;1-5H;2*1H;/q-1;;-1;;;+2/p-2. The van der Waals surface area contributed by atoms with Gasteiger partial charge in [-0.2, -0.15) is 35.9 Å². The van der Waals surface area contributed by atoms with Crippen molar-refractivity contribution in [3.8, 4) is 11.1 Å². The zero-order chi connectivity index (χ0) is 42.4. The van der Waals surface area contributed by atoms with E-state index >= 15 is 0 Å². The maximum absolute atomic E-state index is 6.38. The minimum absolute atomic E-state index is 0. The molecule has 0 nitrogen and oxygen atoms in total. The number of hydrogen-bond donors (Lipinski definition) is 0. The topological polar surface area (TPSA) is 0 Å². The van der Waals surface area contributed by atoms with Crippen LogP contribution in [-0.4, -0.2) is 3.21 Å². The van der Waals surface area contributed by atoms with E-state index < -0.39 is 0 Å². The van der Waals surface area contributed by atoms with Crippen LogP contribution in [0.1, 0.15) is 128 Å². The maximum atomic E-state index is 6.38. The molecule has 0 unspecified atom stereocenters. The summed E-state index contributed by atoms with van der Waals surface area (Å²) in [6.45, 7) is 28.0. The molecule has 0 bridgehead atoms. The van der Waals surface area contributed by atoms with Gasteiger partial charge in [-0.3, -0.25) is 0 Å². The molecule has 7 aromatic carbocycles. The number of fused-ring (bicyclic) bond motifs is 5. The van der Waals surface area contributed by atoms with Crippen molar-refractivity contribution in [1.82, 2.24) is 0 Å². The summed E-state index contributed by atoms with van der Waals surface area (Å²) in [6, 6.07) is 46.3. The number of rotatable bonds is 2. The molecule has 0 aliphatic heterocycles. The molecule has 0 saturated heterocycles. The normalized spacial score (nSPS) is 12.3. The zero-order valence-electron chi connectivity index (χ0n) is 37.3. The molecule has 0 radical (unpaired) electrons. The van der Waals surface area contributed by atoms with E-state index in [1.165, 1.54) is 93.8 Å². The van der Waals surface area contributed by atoms with Crippen LogP contribution < -0.4 is 24.8 Å². The summed E-state index contributed by atoms with van der Waals surface area (Å²) in [5.41, 5.74) is 14.3. The molecule has 0 amide bonds. The Hall–Kier alpha value is -2.90. The van der Waals surface area contributed by atoms with Gasteiger partial charge >= 0.3 is 166 Å². The smallest absolute Gasteiger partial charge is 0.172 e. The van der Waals surface area contributed by atoms with Crippen molar-refractivity contribution >= 4 is 48.0 Å². The third-order valence-electron chi connectivity index (χ3n) is 11.0. The fraction of sp³-hybridized carbons (Fsp3) is 0.309. The van der Waals surface area contributed by atoms with E-state index in [0.29, 0.717) is 0 Å². The average molecular weight is 952 g/mol. The third kappa shape index (κ3) is 11.2. The summed E-state index contributed by atoms with van der Waals surface area (Å²) in [7, 11) is 0. The Balaban J connectivity index is 0.000000232. The Morgan fingerprint density at radius 2 is 0.967 bits per heavy atom. The van der Waals surface area contributed by atoms with Gasteiger partial charge in [-0.05, 0) is 39.4 Å². The Kier molecular flexibility index (Phi) is 16.0. The molecule has 5 heteroatoms. The van der Waals surface area contributed by atoms with Gasteiger partial charge in [0.1, 0.15) is 0 Å². The molecule has 0 aromatic heterocycles. The van der Waals surface area contributed by atoms with Gasteiger partial charge in [-0.1, -0.05) is 106 Å². The van der Waals surface area contributed by atoms with Crippen molar-refractivity contribution in [1.29, 1.82) is 0 Å². The van der Waals surface area contributed by atoms with Crippen LogP contribution in [0.4, 0.5) is 0 Å². The molecule has 0 N–H and O–H groups in total. The van der Waals surface area contributed by atoms with E-state index in [2.05, 4.69) is 156 Å². The van der Waals surface area contributed by atoms with Crippen molar-refractivity contribution in [3.05, 3.63) is 182 Å². The molecule has 60 heavy (non-hydrogen) atoms. The second kappa shape index (κ2) is 19.2. The van der Waals surface area contributed by atoms with Gasteiger partial charge in [0, 0.05) is 0 Å². The summed E-state index contributed by atoms with van der Waals surface area (Å²) >= 11 is 14.1. The zero-order valence-corrected chi connectivity index (χ0v) is 42.7. The first-order valence-electron chi connectivity index (χ1n) is 20.4. The first-order valence-corrected chi connectivity index (χ1v) is 22.4. The van der Waals surface area contributed by atoms with Crippen molar-refractivity contribution in [3.63, 3.8) is 0 Å². The van der Waals surface area contributed by atoms with Crippen LogP contribution in [0.15, 0.2) is 121 Å². The van der Waals surface area contributed by atoms with Gasteiger partial charge in [0.25, 0.3) is 0 Å². The van der Waals surface area contributed by atoms with E-state index in [4.69, 9.17) is 23.2 Å². The molecule has 0 saturated carbocycles. The SMILES string of the molecule is CC(C)(C)c1[c-]c2c(cc1C(C)(C)C)-c1cc(C(C)(C)C)c(C(C)(C)C)cc1C2.Clc1cc([C](=[Zr+2])c2cc(Cl)cc3ccccc23)c2ccccc2c1.[Cl-].[Cl-].c1cc[cH-]c1. The van der Waals surface area contributed by atoms with Crippen LogP contribution in [0.25, 0.3) is 32.7 Å². The second-order valence-electron chi connectivity index (χ2n) is 19.9. The van der Waals surface area contributed by atoms with E-state index in [0.717, 1.165) is 27.2 Å². The van der Waals surface area contributed by atoms with Crippen LogP contribution >= 0.6 is 23.2 Å². The van der Waals surface area contributed by atoms with Gasteiger partial charge in [-0.15, -0.1) is 16.7 Å². The number of hydrogen-bond acceptors (Lipinski definition) is 0. The Morgan fingerprint density at radius 1 is 0.533 bits per heavy atom. The molecular weight excluding hydrogens is 894 g/mol. The Morgan fingerprint density at radius 3 is 1.38 bits per heavy atom. The van der Waals surface area contributed by atoms with Gasteiger partial charge in [0.15, 0.2) is 0 Å². The summed E-state index contributed by atoms with van der Waals surface area (Å²) < 4.78 is 1.26. The average Bonchev–Trinajstić information content (AvgIpc) is 3.84. The predicted octanol–water partition coefficient (Wildman–Crippen LogP) is 10.1. The predicted molar refractivity (Wildman–Crippen MR) is 251 cm³/mol.